The van der Waals surface area contributed by atoms with Crippen molar-refractivity contribution >= 4 is 0 Å². The third-order valence-electron chi connectivity index (χ3n) is 2.37. The molecule has 1 fully saturated rings. The molecule has 1 heterocycles. The number of hydrogen-bond acceptors (Lipinski definition) is 5. The van der Waals surface area contributed by atoms with Crippen LogP contribution in [0.3, 0.4) is 0 Å². The van der Waals surface area contributed by atoms with Crippen LogP contribution in [0.2, 0.25) is 0 Å². The van der Waals surface area contributed by atoms with E-state index < -0.39 is 0 Å². The van der Waals surface area contributed by atoms with E-state index in [9.17, 15) is 0 Å². The van der Waals surface area contributed by atoms with E-state index in [0.29, 0.717) is 6.61 Å². The van der Waals surface area contributed by atoms with Crippen molar-refractivity contribution in [2.75, 3.05) is 35.0 Å². The fraction of sp³-hybridized carbons (Fsp3) is 1.00. The molecule has 1 aliphatic heterocycles. The second-order valence-electron chi connectivity index (χ2n) is 3.13. The van der Waals surface area contributed by atoms with Crippen LogP contribution >= 0.6 is 0 Å². The Morgan fingerprint density at radius 1 is 0.929 bits per heavy atom. The Bertz CT molecular complexity index is 163. The Kier molecular flexibility index (Phi) is 4.77. The molecular formula is C9H18O5. The van der Waals surface area contributed by atoms with Crippen molar-refractivity contribution in [3.05, 3.63) is 0 Å². The van der Waals surface area contributed by atoms with Crippen LogP contribution in [0.15, 0.2) is 0 Å². The summed E-state index contributed by atoms with van der Waals surface area (Å²) in [6.45, 7) is 0.470. The summed E-state index contributed by atoms with van der Waals surface area (Å²) < 4.78 is 26.3. The Morgan fingerprint density at radius 2 is 1.57 bits per heavy atom. The van der Waals surface area contributed by atoms with E-state index in [1.54, 1.807) is 28.4 Å². The minimum absolute atomic E-state index is 0.139. The average molecular weight is 206 g/mol. The van der Waals surface area contributed by atoms with Crippen molar-refractivity contribution in [3.63, 3.8) is 0 Å². The molecule has 84 valence electrons. The van der Waals surface area contributed by atoms with Crippen LogP contribution < -0.4 is 0 Å². The summed E-state index contributed by atoms with van der Waals surface area (Å²) in [4.78, 5) is 0. The van der Waals surface area contributed by atoms with Crippen molar-refractivity contribution in [2.45, 2.75) is 24.6 Å². The van der Waals surface area contributed by atoms with Crippen molar-refractivity contribution in [1.29, 1.82) is 0 Å². The van der Waals surface area contributed by atoms with E-state index in [-0.39, 0.29) is 24.6 Å². The minimum Gasteiger partial charge on any atom is -0.382 e. The summed E-state index contributed by atoms with van der Waals surface area (Å²) in [6, 6.07) is 0. The molecule has 0 spiro atoms. The SMILES string of the molecule is COC[C@H]1O[C@@H](OC)C(OC)[C@H]1OC. The lowest BCUT2D eigenvalue weighted by Crippen LogP contribution is -2.37. The van der Waals surface area contributed by atoms with E-state index in [1.165, 1.54) is 0 Å². The molecule has 0 amide bonds. The lowest BCUT2D eigenvalue weighted by molar-refractivity contribution is -0.160. The van der Waals surface area contributed by atoms with Crippen LogP contribution in [-0.4, -0.2) is 59.6 Å². The quantitative estimate of drug-likeness (QED) is 0.635. The summed E-state index contributed by atoms with van der Waals surface area (Å²) in [7, 11) is 6.44. The Morgan fingerprint density at radius 3 is 2.00 bits per heavy atom. The van der Waals surface area contributed by atoms with E-state index in [1.807, 2.05) is 0 Å². The van der Waals surface area contributed by atoms with E-state index in [4.69, 9.17) is 23.7 Å². The molecule has 0 aliphatic carbocycles. The highest BCUT2D eigenvalue weighted by Crippen LogP contribution is 2.26. The van der Waals surface area contributed by atoms with Crippen molar-refractivity contribution in [3.8, 4) is 0 Å². The van der Waals surface area contributed by atoms with Gasteiger partial charge in [0.1, 0.15) is 18.3 Å². The Labute approximate surface area is 84.2 Å². The van der Waals surface area contributed by atoms with Crippen LogP contribution in [0.25, 0.3) is 0 Å². The number of ether oxygens (including phenoxy) is 5. The van der Waals surface area contributed by atoms with Gasteiger partial charge in [-0.25, -0.2) is 0 Å². The molecule has 5 nitrogen and oxygen atoms in total. The molecule has 0 aromatic rings. The molecule has 1 aliphatic rings. The van der Waals surface area contributed by atoms with Gasteiger partial charge in [-0.15, -0.1) is 0 Å². The standard InChI is InChI=1S/C9H18O5/c1-10-5-6-7(11-2)8(12-3)9(13-4)14-6/h6-9H,5H2,1-4H3/t6-,7+,8?,9-/m1/s1. The second kappa shape index (κ2) is 5.63. The van der Waals surface area contributed by atoms with Gasteiger partial charge in [-0.05, 0) is 0 Å². The molecule has 0 radical (unpaired) electrons. The van der Waals surface area contributed by atoms with E-state index in [0.717, 1.165) is 0 Å². The molecule has 0 bridgehead atoms. The van der Waals surface area contributed by atoms with Crippen molar-refractivity contribution in [1.82, 2.24) is 0 Å². The Balaban J connectivity index is 2.62. The predicted octanol–water partition coefficient (Wildman–Crippen LogP) is 0.0341. The highest BCUT2D eigenvalue weighted by molar-refractivity contribution is 4.88. The average Bonchev–Trinajstić information content (AvgIpc) is 2.55. The summed E-state index contributed by atoms with van der Waals surface area (Å²) in [5.41, 5.74) is 0. The summed E-state index contributed by atoms with van der Waals surface area (Å²) >= 11 is 0. The molecule has 4 atom stereocenters. The summed E-state index contributed by atoms with van der Waals surface area (Å²) in [6.07, 6.45) is -0.875. The lowest BCUT2D eigenvalue weighted by Gasteiger charge is -2.20. The molecule has 1 unspecified atom stereocenters. The van der Waals surface area contributed by atoms with Crippen LogP contribution in [-0.2, 0) is 23.7 Å². The smallest absolute Gasteiger partial charge is 0.186 e. The largest absolute Gasteiger partial charge is 0.382 e. The second-order valence-corrected chi connectivity index (χ2v) is 3.13. The first kappa shape index (κ1) is 11.9. The van der Waals surface area contributed by atoms with Gasteiger partial charge in [0.2, 0.25) is 0 Å². The number of hydrogen-bond donors (Lipinski definition) is 0. The van der Waals surface area contributed by atoms with Crippen molar-refractivity contribution < 1.29 is 23.7 Å². The zero-order chi connectivity index (χ0) is 10.6. The Hall–Kier alpha value is -0.200. The molecule has 5 heteroatoms. The van der Waals surface area contributed by atoms with E-state index in [2.05, 4.69) is 0 Å². The lowest BCUT2D eigenvalue weighted by atomic mass is 10.1. The van der Waals surface area contributed by atoms with Crippen LogP contribution in [0.5, 0.6) is 0 Å². The van der Waals surface area contributed by atoms with Gasteiger partial charge in [-0.3, -0.25) is 0 Å². The highest BCUT2D eigenvalue weighted by atomic mass is 16.7. The normalized spacial score (nSPS) is 37.7. The molecule has 0 N–H and O–H groups in total. The molecule has 1 rings (SSSR count). The van der Waals surface area contributed by atoms with Gasteiger partial charge in [0, 0.05) is 28.4 Å². The van der Waals surface area contributed by atoms with Gasteiger partial charge < -0.3 is 23.7 Å². The van der Waals surface area contributed by atoms with E-state index >= 15 is 0 Å². The summed E-state index contributed by atoms with van der Waals surface area (Å²) in [5, 5.41) is 0. The maximum absolute atomic E-state index is 5.56. The van der Waals surface area contributed by atoms with Crippen LogP contribution in [0, 0.1) is 0 Å². The molecule has 0 aromatic heterocycles. The van der Waals surface area contributed by atoms with Crippen LogP contribution in [0.1, 0.15) is 0 Å². The van der Waals surface area contributed by atoms with Gasteiger partial charge >= 0.3 is 0 Å². The summed E-state index contributed by atoms with van der Waals surface area (Å²) in [5.74, 6) is 0. The first-order chi connectivity index (χ1) is 6.78. The van der Waals surface area contributed by atoms with Crippen molar-refractivity contribution in [2.24, 2.45) is 0 Å². The molecular weight excluding hydrogens is 188 g/mol. The third kappa shape index (κ3) is 2.24. The predicted molar refractivity (Wildman–Crippen MR) is 49.1 cm³/mol. The first-order valence-corrected chi connectivity index (χ1v) is 4.51. The fourth-order valence-corrected chi connectivity index (χ4v) is 1.71. The van der Waals surface area contributed by atoms with Gasteiger partial charge in [-0.1, -0.05) is 0 Å². The van der Waals surface area contributed by atoms with Gasteiger partial charge in [-0.2, -0.15) is 0 Å². The highest BCUT2D eigenvalue weighted by Gasteiger charge is 2.45. The maximum atomic E-state index is 5.56. The number of rotatable bonds is 5. The third-order valence-corrected chi connectivity index (χ3v) is 2.37. The molecule has 14 heavy (non-hydrogen) atoms. The van der Waals surface area contributed by atoms with Gasteiger partial charge in [0.05, 0.1) is 6.61 Å². The first-order valence-electron chi connectivity index (χ1n) is 4.51. The molecule has 0 aromatic carbocycles. The van der Waals surface area contributed by atoms with Gasteiger partial charge in [0.15, 0.2) is 6.29 Å². The zero-order valence-corrected chi connectivity index (χ0v) is 9.06. The minimum atomic E-state index is -0.384. The monoisotopic (exact) mass is 206 g/mol. The fourth-order valence-electron chi connectivity index (χ4n) is 1.71. The zero-order valence-electron chi connectivity index (χ0n) is 9.06. The van der Waals surface area contributed by atoms with Gasteiger partial charge in [0.25, 0.3) is 0 Å². The van der Waals surface area contributed by atoms with Crippen LogP contribution in [0.4, 0.5) is 0 Å². The molecule has 1 saturated heterocycles. The maximum Gasteiger partial charge on any atom is 0.186 e. The topological polar surface area (TPSA) is 46.2 Å². The molecule has 0 saturated carbocycles. The number of methoxy groups -OCH3 is 4.